The number of nitrogens with zero attached hydrogens (tertiary/aromatic N) is 2. The summed E-state index contributed by atoms with van der Waals surface area (Å²) in [6.07, 6.45) is -3.89. The minimum atomic E-state index is -4.53. The molecule has 1 aromatic heterocycles. The smallest absolute Gasteiger partial charge is 0.417 e. The lowest BCUT2D eigenvalue weighted by atomic mass is 10.1. The molecule has 1 aromatic carbocycles. The zero-order valence-corrected chi connectivity index (χ0v) is 16.8. The van der Waals surface area contributed by atoms with Gasteiger partial charge in [-0.1, -0.05) is 13.0 Å². The van der Waals surface area contributed by atoms with E-state index in [1.165, 1.54) is 25.3 Å². The highest BCUT2D eigenvalue weighted by Crippen LogP contribution is 2.32. The second-order valence-electron chi connectivity index (χ2n) is 5.57. The zero-order chi connectivity index (χ0) is 21.1. The number of carbonyl (C=O) groups excluding carboxylic acids is 1. The molecule has 0 saturated carbocycles. The van der Waals surface area contributed by atoms with Crippen molar-refractivity contribution >= 4 is 27.9 Å². The van der Waals surface area contributed by atoms with Crippen LogP contribution in [0.3, 0.4) is 0 Å². The van der Waals surface area contributed by atoms with Crippen molar-refractivity contribution in [2.45, 2.75) is 29.9 Å². The molecular formula is C17H17F3N2O4S2. The minimum absolute atomic E-state index is 0.0249. The zero-order valence-electron chi connectivity index (χ0n) is 15.1. The number of alkyl halides is 3. The van der Waals surface area contributed by atoms with Crippen LogP contribution in [0.1, 0.15) is 28.4 Å². The summed E-state index contributed by atoms with van der Waals surface area (Å²) in [5, 5.41) is 0.0822. The first-order chi connectivity index (χ1) is 13.0. The molecule has 0 bridgehead atoms. The predicted octanol–water partition coefficient (Wildman–Crippen LogP) is 3.91. The highest BCUT2D eigenvalue weighted by Gasteiger charge is 2.31. The SMILES string of the molecule is CCN(Sc1ccc(C(F)(F)F)cn1)S(=O)(=O)c1ccc(C)c(C(=O)OC)c1. The number of benzene rings is 1. The van der Waals surface area contributed by atoms with Crippen LogP contribution in [0, 0.1) is 6.92 Å². The van der Waals surface area contributed by atoms with Gasteiger partial charge in [-0.05, 0) is 48.7 Å². The van der Waals surface area contributed by atoms with Crippen molar-refractivity contribution in [3.63, 3.8) is 0 Å². The first-order valence-corrected chi connectivity index (χ1v) is 10.1. The number of esters is 1. The fourth-order valence-corrected chi connectivity index (χ4v) is 4.73. The number of carbonyl (C=O) groups is 1. The van der Waals surface area contributed by atoms with Crippen molar-refractivity contribution in [3.05, 3.63) is 53.2 Å². The Labute approximate surface area is 164 Å². The summed E-state index contributed by atoms with van der Waals surface area (Å²) < 4.78 is 69.4. The number of ether oxygens (including phenoxy) is 1. The lowest BCUT2D eigenvalue weighted by Crippen LogP contribution is -2.25. The Bertz CT molecular complexity index is 961. The van der Waals surface area contributed by atoms with Gasteiger partial charge in [0.15, 0.2) is 0 Å². The molecule has 0 aliphatic rings. The summed E-state index contributed by atoms with van der Waals surface area (Å²) in [5.41, 5.74) is -0.271. The molecule has 2 rings (SSSR count). The van der Waals surface area contributed by atoms with Crippen molar-refractivity contribution in [3.8, 4) is 0 Å². The molecule has 1 heterocycles. The van der Waals surface area contributed by atoms with E-state index in [1.807, 2.05) is 0 Å². The Morgan fingerprint density at radius 3 is 2.43 bits per heavy atom. The highest BCUT2D eigenvalue weighted by atomic mass is 32.3. The molecule has 2 aromatic rings. The van der Waals surface area contributed by atoms with Gasteiger partial charge in [0.2, 0.25) is 0 Å². The van der Waals surface area contributed by atoms with Crippen molar-refractivity contribution in [2.75, 3.05) is 13.7 Å². The second-order valence-corrected chi connectivity index (χ2v) is 8.70. The number of aromatic nitrogens is 1. The van der Waals surface area contributed by atoms with Crippen LogP contribution in [0.15, 0.2) is 46.5 Å². The summed E-state index contributed by atoms with van der Waals surface area (Å²) in [6, 6.07) is 5.96. The van der Waals surface area contributed by atoms with Gasteiger partial charge in [0.1, 0.15) is 5.03 Å². The molecule has 0 aliphatic carbocycles. The van der Waals surface area contributed by atoms with E-state index in [2.05, 4.69) is 9.72 Å². The molecule has 0 radical (unpaired) electrons. The normalized spacial score (nSPS) is 12.2. The molecule has 0 atom stereocenters. The third-order valence-corrected chi connectivity index (χ3v) is 7.04. The molecule has 0 unspecified atom stereocenters. The maximum Gasteiger partial charge on any atom is 0.417 e. The molecule has 152 valence electrons. The van der Waals surface area contributed by atoms with E-state index < -0.39 is 27.7 Å². The molecule has 0 aliphatic heterocycles. The van der Waals surface area contributed by atoms with Gasteiger partial charge < -0.3 is 4.74 Å². The average Bonchev–Trinajstić information content (AvgIpc) is 2.65. The van der Waals surface area contributed by atoms with Gasteiger partial charge in [0, 0.05) is 12.7 Å². The van der Waals surface area contributed by atoms with Crippen molar-refractivity contribution in [2.24, 2.45) is 0 Å². The van der Waals surface area contributed by atoms with E-state index in [9.17, 15) is 26.4 Å². The van der Waals surface area contributed by atoms with Crippen LogP contribution in [-0.2, 0) is 20.9 Å². The molecule has 0 amide bonds. The van der Waals surface area contributed by atoms with Crippen LogP contribution in [0.2, 0.25) is 0 Å². The third kappa shape index (κ3) is 4.83. The number of sulfonamides is 1. The number of methoxy groups -OCH3 is 1. The highest BCUT2D eigenvalue weighted by molar-refractivity contribution is 8.08. The van der Waals surface area contributed by atoms with Crippen molar-refractivity contribution in [1.82, 2.24) is 8.69 Å². The molecule has 0 saturated heterocycles. The molecular weight excluding hydrogens is 417 g/mol. The Balaban J connectivity index is 2.34. The number of halogens is 3. The van der Waals surface area contributed by atoms with E-state index in [4.69, 9.17) is 0 Å². The number of rotatable bonds is 6. The first kappa shape index (κ1) is 22.2. The summed E-state index contributed by atoms with van der Waals surface area (Å²) >= 11 is 0.685. The number of hydrogen-bond donors (Lipinski definition) is 0. The maximum atomic E-state index is 12.9. The molecule has 11 heteroatoms. The number of aryl methyl sites for hydroxylation is 1. The average molecular weight is 434 g/mol. The van der Waals surface area contributed by atoms with Crippen LogP contribution >= 0.6 is 11.9 Å². The van der Waals surface area contributed by atoms with Gasteiger partial charge in [-0.25, -0.2) is 18.2 Å². The van der Waals surface area contributed by atoms with E-state index in [0.717, 1.165) is 15.8 Å². The van der Waals surface area contributed by atoms with Gasteiger partial charge in [-0.15, -0.1) is 3.71 Å². The minimum Gasteiger partial charge on any atom is -0.465 e. The summed E-state index contributed by atoms with van der Waals surface area (Å²) in [6.45, 7) is 3.24. The van der Waals surface area contributed by atoms with Crippen molar-refractivity contribution in [1.29, 1.82) is 0 Å². The first-order valence-electron chi connectivity index (χ1n) is 7.93. The standard InChI is InChI=1S/C17H17F3N2O4S2/c1-4-22(27-15-8-6-12(10-21-15)17(18,19)20)28(24,25)13-7-5-11(2)14(9-13)16(23)26-3/h5-10H,4H2,1-3H3. The Kier molecular flexibility index (Phi) is 6.73. The Hall–Kier alpha value is -2.11. The second kappa shape index (κ2) is 8.50. The molecule has 0 N–H and O–H groups in total. The van der Waals surface area contributed by atoms with Gasteiger partial charge in [-0.3, -0.25) is 0 Å². The summed E-state index contributed by atoms with van der Waals surface area (Å²) in [5.74, 6) is -0.672. The lowest BCUT2D eigenvalue weighted by molar-refractivity contribution is -0.137. The van der Waals surface area contributed by atoms with E-state index in [1.54, 1.807) is 13.8 Å². The number of hydrogen-bond acceptors (Lipinski definition) is 6. The summed E-state index contributed by atoms with van der Waals surface area (Å²) in [4.78, 5) is 15.4. The fraction of sp³-hybridized carbons (Fsp3) is 0.294. The van der Waals surface area contributed by atoms with Gasteiger partial charge >= 0.3 is 12.1 Å². The summed E-state index contributed by atoms with van der Waals surface area (Å²) in [7, 11) is -2.85. The topological polar surface area (TPSA) is 76.6 Å². The molecule has 28 heavy (non-hydrogen) atoms. The fourth-order valence-electron chi connectivity index (χ4n) is 2.20. The maximum absolute atomic E-state index is 12.9. The Morgan fingerprint density at radius 1 is 1.25 bits per heavy atom. The molecule has 0 fully saturated rings. The Morgan fingerprint density at radius 2 is 1.93 bits per heavy atom. The van der Waals surface area contributed by atoms with Gasteiger partial charge in [-0.2, -0.15) is 13.2 Å². The van der Waals surface area contributed by atoms with Crippen LogP contribution in [-0.4, -0.2) is 36.7 Å². The largest absolute Gasteiger partial charge is 0.465 e. The molecule has 6 nitrogen and oxygen atoms in total. The van der Waals surface area contributed by atoms with Crippen LogP contribution in [0.25, 0.3) is 0 Å². The van der Waals surface area contributed by atoms with E-state index in [0.29, 0.717) is 23.7 Å². The van der Waals surface area contributed by atoms with E-state index >= 15 is 0 Å². The van der Waals surface area contributed by atoms with Crippen LogP contribution < -0.4 is 0 Å². The predicted molar refractivity (Wildman–Crippen MR) is 97.2 cm³/mol. The third-order valence-electron chi connectivity index (χ3n) is 3.70. The number of pyridine rings is 1. The van der Waals surface area contributed by atoms with Gasteiger partial charge in [0.25, 0.3) is 10.0 Å². The lowest BCUT2D eigenvalue weighted by Gasteiger charge is -2.19. The quantitative estimate of drug-likeness (QED) is 0.507. The van der Waals surface area contributed by atoms with Crippen LogP contribution in [0.5, 0.6) is 0 Å². The van der Waals surface area contributed by atoms with Crippen molar-refractivity contribution < 1.29 is 31.1 Å². The van der Waals surface area contributed by atoms with Crippen LogP contribution in [0.4, 0.5) is 13.2 Å². The monoisotopic (exact) mass is 434 g/mol. The van der Waals surface area contributed by atoms with E-state index in [-0.39, 0.29) is 22.0 Å². The van der Waals surface area contributed by atoms with Gasteiger partial charge in [0.05, 0.1) is 23.1 Å². The molecule has 0 spiro atoms.